The molecule has 0 aliphatic carbocycles. The molecule has 1 heterocycles. The molecule has 2 nitrogen and oxygen atoms in total. The number of aromatic nitrogens is 1. The number of hydrogen-bond acceptors (Lipinski definition) is 2. The van der Waals surface area contributed by atoms with Gasteiger partial charge in [0.25, 0.3) is 0 Å². The van der Waals surface area contributed by atoms with Crippen molar-refractivity contribution in [3.63, 3.8) is 0 Å². The Kier molecular flexibility index (Phi) is 4.02. The molecule has 1 aromatic heterocycles. The average Bonchev–Trinajstić information content (AvgIpc) is 2.38. The van der Waals surface area contributed by atoms with Gasteiger partial charge in [-0.2, -0.15) is 0 Å². The monoisotopic (exact) mass is 304 g/mol. The van der Waals surface area contributed by atoms with E-state index in [4.69, 9.17) is 0 Å². The van der Waals surface area contributed by atoms with E-state index in [-0.39, 0.29) is 0 Å². The standard InChI is InChI=1S/C15H17BrN2/c1-4-12-5-7-14(8-6-12)18(3)15-11(2)9-13(16)10-17-15/h5-10H,4H2,1-3H3. The van der Waals surface area contributed by atoms with Gasteiger partial charge >= 0.3 is 0 Å². The maximum Gasteiger partial charge on any atom is 0.135 e. The Labute approximate surface area is 117 Å². The fourth-order valence-corrected chi connectivity index (χ4v) is 2.41. The van der Waals surface area contributed by atoms with Crippen LogP contribution >= 0.6 is 15.9 Å². The third-order valence-corrected chi connectivity index (χ3v) is 3.50. The van der Waals surface area contributed by atoms with Crippen molar-refractivity contribution in [2.24, 2.45) is 0 Å². The van der Waals surface area contributed by atoms with Crippen molar-refractivity contribution in [2.75, 3.05) is 11.9 Å². The third kappa shape index (κ3) is 2.72. The quantitative estimate of drug-likeness (QED) is 0.831. The Morgan fingerprint density at radius 2 is 1.89 bits per heavy atom. The first-order valence-electron chi connectivity index (χ1n) is 6.06. The predicted molar refractivity (Wildman–Crippen MR) is 80.6 cm³/mol. The number of anilines is 2. The summed E-state index contributed by atoms with van der Waals surface area (Å²) in [6.45, 7) is 4.24. The zero-order chi connectivity index (χ0) is 13.1. The molecule has 94 valence electrons. The van der Waals surface area contributed by atoms with Crippen LogP contribution in [0.15, 0.2) is 41.0 Å². The van der Waals surface area contributed by atoms with Crippen LogP contribution in [-0.4, -0.2) is 12.0 Å². The molecule has 0 aliphatic rings. The SMILES string of the molecule is CCc1ccc(N(C)c2ncc(Br)cc2C)cc1. The molecule has 0 aliphatic heterocycles. The minimum atomic E-state index is 0.988. The number of benzene rings is 1. The van der Waals surface area contributed by atoms with E-state index >= 15 is 0 Å². The summed E-state index contributed by atoms with van der Waals surface area (Å²) in [4.78, 5) is 6.59. The first-order valence-corrected chi connectivity index (χ1v) is 6.86. The van der Waals surface area contributed by atoms with Crippen LogP contribution in [0.5, 0.6) is 0 Å². The van der Waals surface area contributed by atoms with Crippen LogP contribution in [0.4, 0.5) is 11.5 Å². The normalized spacial score (nSPS) is 10.4. The van der Waals surface area contributed by atoms with E-state index in [1.165, 1.54) is 5.56 Å². The van der Waals surface area contributed by atoms with Gasteiger partial charge in [0.05, 0.1) is 0 Å². The van der Waals surface area contributed by atoms with Gasteiger partial charge in [-0.05, 0) is 58.6 Å². The fraction of sp³-hybridized carbons (Fsp3) is 0.267. The molecular weight excluding hydrogens is 288 g/mol. The minimum absolute atomic E-state index is 0.988. The van der Waals surface area contributed by atoms with E-state index in [1.54, 1.807) is 0 Å². The molecule has 0 bridgehead atoms. The van der Waals surface area contributed by atoms with Crippen LogP contribution in [0.2, 0.25) is 0 Å². The van der Waals surface area contributed by atoms with Crippen molar-refractivity contribution in [1.82, 2.24) is 4.98 Å². The molecule has 0 spiro atoms. The summed E-state index contributed by atoms with van der Waals surface area (Å²) in [5.74, 6) is 0.988. The maximum absolute atomic E-state index is 4.48. The molecule has 3 heteroatoms. The lowest BCUT2D eigenvalue weighted by Crippen LogP contribution is -2.12. The topological polar surface area (TPSA) is 16.1 Å². The van der Waals surface area contributed by atoms with E-state index in [9.17, 15) is 0 Å². The van der Waals surface area contributed by atoms with Crippen LogP contribution in [0.3, 0.4) is 0 Å². The highest BCUT2D eigenvalue weighted by Gasteiger charge is 2.08. The highest BCUT2D eigenvalue weighted by Crippen LogP contribution is 2.26. The van der Waals surface area contributed by atoms with Crippen LogP contribution in [0.25, 0.3) is 0 Å². The van der Waals surface area contributed by atoms with Crippen molar-refractivity contribution in [1.29, 1.82) is 0 Å². The number of nitrogens with zero attached hydrogens (tertiary/aromatic N) is 2. The summed E-state index contributed by atoms with van der Waals surface area (Å²) in [6.07, 6.45) is 2.90. The van der Waals surface area contributed by atoms with Gasteiger partial charge in [0.15, 0.2) is 0 Å². The summed E-state index contributed by atoms with van der Waals surface area (Å²) in [6, 6.07) is 10.7. The summed E-state index contributed by atoms with van der Waals surface area (Å²) in [7, 11) is 2.05. The second-order valence-corrected chi connectivity index (χ2v) is 5.29. The number of pyridine rings is 1. The van der Waals surface area contributed by atoms with Gasteiger partial charge in [-0.15, -0.1) is 0 Å². The molecular formula is C15H17BrN2. The molecule has 0 fully saturated rings. The summed E-state index contributed by atoms with van der Waals surface area (Å²) < 4.78 is 1.01. The van der Waals surface area contributed by atoms with Crippen molar-refractivity contribution < 1.29 is 0 Å². The summed E-state index contributed by atoms with van der Waals surface area (Å²) >= 11 is 3.44. The van der Waals surface area contributed by atoms with Crippen LogP contribution in [0.1, 0.15) is 18.1 Å². The zero-order valence-electron chi connectivity index (χ0n) is 10.9. The van der Waals surface area contributed by atoms with E-state index < -0.39 is 0 Å². The lowest BCUT2D eigenvalue weighted by Gasteiger charge is -2.20. The summed E-state index contributed by atoms with van der Waals surface area (Å²) in [5.41, 5.74) is 3.67. The van der Waals surface area contributed by atoms with Gasteiger partial charge in [0.1, 0.15) is 5.82 Å². The molecule has 0 N–H and O–H groups in total. The Balaban J connectivity index is 2.31. The second-order valence-electron chi connectivity index (χ2n) is 4.37. The molecule has 18 heavy (non-hydrogen) atoms. The van der Waals surface area contributed by atoms with Gasteiger partial charge in [0.2, 0.25) is 0 Å². The van der Waals surface area contributed by atoms with Crippen LogP contribution < -0.4 is 4.90 Å². The van der Waals surface area contributed by atoms with Gasteiger partial charge in [-0.1, -0.05) is 19.1 Å². The van der Waals surface area contributed by atoms with Gasteiger partial charge in [-0.3, -0.25) is 0 Å². The number of hydrogen-bond donors (Lipinski definition) is 0. The Bertz CT molecular complexity index is 535. The predicted octanol–water partition coefficient (Wildman–Crippen LogP) is 4.48. The lowest BCUT2D eigenvalue weighted by molar-refractivity contribution is 1.09. The largest absolute Gasteiger partial charge is 0.329 e. The number of rotatable bonds is 3. The molecule has 2 aromatic rings. The second kappa shape index (κ2) is 5.53. The minimum Gasteiger partial charge on any atom is -0.329 e. The van der Waals surface area contributed by atoms with Gasteiger partial charge in [0, 0.05) is 23.4 Å². The molecule has 1 aromatic carbocycles. The molecule has 0 unspecified atom stereocenters. The van der Waals surface area contributed by atoms with Crippen molar-refractivity contribution >= 4 is 27.4 Å². The fourth-order valence-electron chi connectivity index (χ4n) is 1.96. The van der Waals surface area contributed by atoms with Gasteiger partial charge < -0.3 is 4.90 Å². The molecule has 2 rings (SSSR count). The third-order valence-electron chi connectivity index (χ3n) is 3.07. The maximum atomic E-state index is 4.48. The highest BCUT2D eigenvalue weighted by atomic mass is 79.9. The lowest BCUT2D eigenvalue weighted by atomic mass is 10.1. The first-order chi connectivity index (χ1) is 8.61. The van der Waals surface area contributed by atoms with Crippen LogP contribution in [0, 0.1) is 6.92 Å². The van der Waals surface area contributed by atoms with Crippen molar-refractivity contribution in [3.05, 3.63) is 52.1 Å². The van der Waals surface area contributed by atoms with E-state index in [0.29, 0.717) is 0 Å². The Hall–Kier alpha value is -1.35. The number of aryl methyl sites for hydroxylation is 2. The highest BCUT2D eigenvalue weighted by molar-refractivity contribution is 9.10. The molecule has 0 saturated heterocycles. The Morgan fingerprint density at radius 1 is 1.22 bits per heavy atom. The molecule has 0 amide bonds. The van der Waals surface area contributed by atoms with Crippen LogP contribution in [-0.2, 0) is 6.42 Å². The van der Waals surface area contributed by atoms with E-state index in [0.717, 1.165) is 28.0 Å². The molecule has 0 atom stereocenters. The van der Waals surface area contributed by atoms with E-state index in [2.05, 4.69) is 70.0 Å². The zero-order valence-corrected chi connectivity index (χ0v) is 12.5. The average molecular weight is 305 g/mol. The molecule has 0 radical (unpaired) electrons. The summed E-state index contributed by atoms with van der Waals surface area (Å²) in [5, 5.41) is 0. The number of halogens is 1. The van der Waals surface area contributed by atoms with Gasteiger partial charge in [-0.25, -0.2) is 4.98 Å². The van der Waals surface area contributed by atoms with Crippen molar-refractivity contribution in [2.45, 2.75) is 20.3 Å². The van der Waals surface area contributed by atoms with E-state index in [1.807, 2.05) is 13.2 Å². The molecule has 0 saturated carbocycles. The Morgan fingerprint density at radius 3 is 2.44 bits per heavy atom. The smallest absolute Gasteiger partial charge is 0.135 e. The first kappa shape index (κ1) is 13.1. The van der Waals surface area contributed by atoms with Crippen molar-refractivity contribution in [3.8, 4) is 0 Å².